The van der Waals surface area contributed by atoms with Crippen molar-refractivity contribution in [2.75, 3.05) is 13.2 Å². The molecule has 2 atom stereocenters. The van der Waals surface area contributed by atoms with Gasteiger partial charge < -0.3 is 15.4 Å². The summed E-state index contributed by atoms with van der Waals surface area (Å²) < 4.78 is 5.05. The van der Waals surface area contributed by atoms with Crippen molar-refractivity contribution in [3.8, 4) is 0 Å². The van der Waals surface area contributed by atoms with Crippen LogP contribution in [0.2, 0.25) is 0 Å². The molecule has 0 radical (unpaired) electrons. The Morgan fingerprint density at radius 1 is 1.37 bits per heavy atom. The van der Waals surface area contributed by atoms with Crippen LogP contribution in [0.4, 0.5) is 0 Å². The lowest BCUT2D eigenvalue weighted by Gasteiger charge is -2.35. The van der Waals surface area contributed by atoms with E-state index in [4.69, 9.17) is 10.5 Å². The summed E-state index contributed by atoms with van der Waals surface area (Å²) >= 11 is 0. The Labute approximate surface area is 115 Å². The molecule has 1 aliphatic heterocycles. The topological polar surface area (TPSA) is 72.6 Å². The summed E-state index contributed by atoms with van der Waals surface area (Å²) in [4.78, 5) is 25.8. The maximum Gasteiger partial charge on any atom is 0.328 e. The number of nitrogens with two attached hydrogens (primary N) is 1. The molecule has 5 heteroatoms. The average Bonchev–Trinajstić information content (AvgIpc) is 2.44. The van der Waals surface area contributed by atoms with Gasteiger partial charge in [-0.25, -0.2) is 4.79 Å². The van der Waals surface area contributed by atoms with Crippen molar-refractivity contribution in [2.45, 2.75) is 64.5 Å². The third kappa shape index (κ3) is 4.49. The van der Waals surface area contributed by atoms with Crippen LogP contribution >= 0.6 is 0 Å². The van der Waals surface area contributed by atoms with Crippen molar-refractivity contribution >= 4 is 11.9 Å². The number of carbonyl (C=O) groups excluding carboxylic acids is 2. The third-order valence-electron chi connectivity index (χ3n) is 3.53. The maximum atomic E-state index is 12.3. The number of amides is 1. The number of nitrogens with zero attached hydrogens (tertiary/aromatic N) is 1. The molecule has 0 aromatic rings. The van der Waals surface area contributed by atoms with E-state index < -0.39 is 12.1 Å². The quantitative estimate of drug-likeness (QED) is 0.741. The molecule has 5 nitrogen and oxygen atoms in total. The van der Waals surface area contributed by atoms with Gasteiger partial charge in [-0.15, -0.1) is 0 Å². The van der Waals surface area contributed by atoms with Gasteiger partial charge in [0.05, 0.1) is 12.6 Å². The van der Waals surface area contributed by atoms with Crippen molar-refractivity contribution < 1.29 is 14.3 Å². The summed E-state index contributed by atoms with van der Waals surface area (Å²) in [6, 6.07) is -0.927. The first-order valence-corrected chi connectivity index (χ1v) is 7.34. The molecule has 110 valence electrons. The highest BCUT2D eigenvalue weighted by Crippen LogP contribution is 2.19. The molecular formula is C14H26N2O3. The number of piperidine rings is 1. The Morgan fingerprint density at radius 3 is 2.74 bits per heavy atom. The molecular weight excluding hydrogens is 244 g/mol. The normalized spacial score (nSPS) is 21.0. The predicted molar refractivity (Wildman–Crippen MR) is 73.5 cm³/mol. The van der Waals surface area contributed by atoms with Gasteiger partial charge in [0, 0.05) is 6.54 Å². The molecule has 0 aromatic carbocycles. The molecule has 0 bridgehead atoms. The molecule has 1 amide bonds. The molecule has 1 heterocycles. The summed E-state index contributed by atoms with van der Waals surface area (Å²) in [7, 11) is 0. The minimum absolute atomic E-state index is 0.105. The van der Waals surface area contributed by atoms with Gasteiger partial charge in [-0.3, -0.25) is 4.79 Å². The summed E-state index contributed by atoms with van der Waals surface area (Å²) in [6.07, 6.45) is 5.21. The van der Waals surface area contributed by atoms with Crippen LogP contribution in [0.5, 0.6) is 0 Å². The van der Waals surface area contributed by atoms with Gasteiger partial charge in [-0.05, 0) is 32.6 Å². The molecule has 2 N–H and O–H groups in total. The molecule has 0 saturated carbocycles. The monoisotopic (exact) mass is 270 g/mol. The number of hydrogen-bond acceptors (Lipinski definition) is 4. The second-order valence-corrected chi connectivity index (χ2v) is 5.04. The Balaban J connectivity index is 2.65. The van der Waals surface area contributed by atoms with E-state index in [1.165, 1.54) is 0 Å². The Hall–Kier alpha value is -1.10. The summed E-state index contributed by atoms with van der Waals surface area (Å²) in [5.41, 5.74) is 5.93. The standard InChI is InChI=1S/C14H26N2O3/c1-3-5-8-11(15)13(17)16-10-7-6-9-12(16)14(18)19-4-2/h11-12H,3-10,15H2,1-2H3/t11-,12?/m0/s1. The van der Waals surface area contributed by atoms with Crippen LogP contribution in [0.15, 0.2) is 0 Å². The van der Waals surface area contributed by atoms with Crippen LogP contribution in [0.1, 0.15) is 52.4 Å². The van der Waals surface area contributed by atoms with E-state index in [2.05, 4.69) is 6.92 Å². The smallest absolute Gasteiger partial charge is 0.328 e. The first kappa shape index (κ1) is 16.0. The van der Waals surface area contributed by atoms with E-state index in [9.17, 15) is 9.59 Å². The lowest BCUT2D eigenvalue weighted by Crippen LogP contribution is -2.53. The molecule has 0 spiro atoms. The van der Waals surface area contributed by atoms with Crippen molar-refractivity contribution in [1.82, 2.24) is 4.90 Å². The van der Waals surface area contributed by atoms with Gasteiger partial charge in [0.2, 0.25) is 5.91 Å². The maximum absolute atomic E-state index is 12.3. The first-order valence-electron chi connectivity index (χ1n) is 7.34. The fourth-order valence-corrected chi connectivity index (χ4v) is 2.44. The van der Waals surface area contributed by atoms with Crippen LogP contribution in [0, 0.1) is 0 Å². The SMILES string of the molecule is CCCC[C@H](N)C(=O)N1CCCCC1C(=O)OCC. The molecule has 0 aromatic heterocycles. The lowest BCUT2D eigenvalue weighted by molar-refractivity contribution is -0.157. The van der Waals surface area contributed by atoms with Crippen molar-refractivity contribution in [3.63, 3.8) is 0 Å². The van der Waals surface area contributed by atoms with Gasteiger partial charge >= 0.3 is 5.97 Å². The van der Waals surface area contributed by atoms with Crippen LogP contribution in [-0.4, -0.2) is 42.0 Å². The fourth-order valence-electron chi connectivity index (χ4n) is 2.44. The van der Waals surface area contributed by atoms with Crippen molar-refractivity contribution in [1.29, 1.82) is 0 Å². The molecule has 0 aliphatic carbocycles. The van der Waals surface area contributed by atoms with E-state index in [1.807, 2.05) is 0 Å². The third-order valence-corrected chi connectivity index (χ3v) is 3.53. The fraction of sp³-hybridized carbons (Fsp3) is 0.857. The molecule has 1 fully saturated rings. The van der Waals surface area contributed by atoms with Crippen LogP contribution in [-0.2, 0) is 14.3 Å². The number of esters is 1. The Bertz CT molecular complexity index is 307. The number of unbranched alkanes of at least 4 members (excludes halogenated alkanes) is 1. The van der Waals surface area contributed by atoms with Gasteiger partial charge in [-0.1, -0.05) is 19.8 Å². The molecule has 19 heavy (non-hydrogen) atoms. The second-order valence-electron chi connectivity index (χ2n) is 5.04. The van der Waals surface area contributed by atoms with E-state index in [1.54, 1.807) is 11.8 Å². The van der Waals surface area contributed by atoms with E-state index in [0.717, 1.165) is 25.7 Å². The summed E-state index contributed by atoms with van der Waals surface area (Å²) in [6.45, 7) is 4.81. The van der Waals surface area contributed by atoms with Gasteiger partial charge in [0.15, 0.2) is 0 Å². The van der Waals surface area contributed by atoms with Crippen LogP contribution in [0.25, 0.3) is 0 Å². The molecule has 1 unspecified atom stereocenters. The summed E-state index contributed by atoms with van der Waals surface area (Å²) in [5, 5.41) is 0. The number of hydrogen-bond donors (Lipinski definition) is 1. The van der Waals surface area contributed by atoms with Gasteiger partial charge in [-0.2, -0.15) is 0 Å². The predicted octanol–water partition coefficient (Wildman–Crippen LogP) is 1.45. The van der Waals surface area contributed by atoms with E-state index in [0.29, 0.717) is 26.0 Å². The molecule has 1 saturated heterocycles. The highest BCUT2D eigenvalue weighted by atomic mass is 16.5. The zero-order valence-electron chi connectivity index (χ0n) is 12.1. The van der Waals surface area contributed by atoms with Crippen molar-refractivity contribution in [3.05, 3.63) is 0 Å². The summed E-state index contributed by atoms with van der Waals surface area (Å²) in [5.74, 6) is -0.399. The minimum Gasteiger partial charge on any atom is -0.464 e. The van der Waals surface area contributed by atoms with E-state index in [-0.39, 0.29) is 11.9 Å². The molecule has 1 aliphatic rings. The zero-order valence-corrected chi connectivity index (χ0v) is 12.1. The number of likely N-dealkylation sites (tertiary alicyclic amines) is 1. The number of rotatable bonds is 6. The Morgan fingerprint density at radius 2 is 2.11 bits per heavy atom. The second kappa shape index (κ2) is 8.15. The van der Waals surface area contributed by atoms with Crippen molar-refractivity contribution in [2.24, 2.45) is 5.73 Å². The number of ether oxygens (including phenoxy) is 1. The molecule has 1 rings (SSSR count). The van der Waals surface area contributed by atoms with E-state index >= 15 is 0 Å². The Kier molecular flexibility index (Phi) is 6.84. The zero-order chi connectivity index (χ0) is 14.3. The largest absolute Gasteiger partial charge is 0.464 e. The van der Waals surface area contributed by atoms with Gasteiger partial charge in [0.1, 0.15) is 6.04 Å². The average molecular weight is 270 g/mol. The number of carbonyl (C=O) groups is 2. The van der Waals surface area contributed by atoms with Crippen LogP contribution in [0.3, 0.4) is 0 Å². The highest BCUT2D eigenvalue weighted by molar-refractivity contribution is 5.87. The highest BCUT2D eigenvalue weighted by Gasteiger charge is 2.34. The lowest BCUT2D eigenvalue weighted by atomic mass is 10.00. The first-order chi connectivity index (χ1) is 9.11. The minimum atomic E-state index is -0.491. The van der Waals surface area contributed by atoms with Gasteiger partial charge in [0.25, 0.3) is 0 Å². The van der Waals surface area contributed by atoms with Crippen LogP contribution < -0.4 is 5.73 Å².